The highest BCUT2D eigenvalue weighted by atomic mass is 19.4. The minimum absolute atomic E-state index is 0.172. The van der Waals surface area contributed by atoms with Crippen molar-refractivity contribution in [3.05, 3.63) is 29.6 Å². The van der Waals surface area contributed by atoms with E-state index in [1.54, 1.807) is 0 Å². The van der Waals surface area contributed by atoms with Crippen molar-refractivity contribution in [1.29, 1.82) is 0 Å². The van der Waals surface area contributed by atoms with Gasteiger partial charge < -0.3 is 15.0 Å². The van der Waals surface area contributed by atoms with Gasteiger partial charge in [-0.25, -0.2) is 4.98 Å². The van der Waals surface area contributed by atoms with Crippen molar-refractivity contribution in [2.75, 3.05) is 32.8 Å². The molecule has 1 atom stereocenters. The molecule has 6 nitrogen and oxygen atoms in total. The fraction of sp³-hybridized carbons (Fsp3) is 0.556. The number of amides is 1. The zero-order chi connectivity index (χ0) is 19.6. The minimum Gasteiger partial charge on any atom is -0.379 e. The van der Waals surface area contributed by atoms with Crippen LogP contribution in [0.25, 0.3) is 11.0 Å². The Kier molecular flexibility index (Phi) is 5.71. The molecule has 27 heavy (non-hydrogen) atoms. The fourth-order valence-corrected chi connectivity index (χ4v) is 3.28. The van der Waals surface area contributed by atoms with Crippen LogP contribution in [0.1, 0.15) is 30.0 Å². The normalized spacial score (nSPS) is 17.4. The van der Waals surface area contributed by atoms with E-state index in [-0.39, 0.29) is 23.0 Å². The number of nitrogens with zero attached hydrogens (tertiary/aromatic N) is 2. The number of rotatable bonds is 5. The van der Waals surface area contributed by atoms with Crippen LogP contribution < -0.4 is 5.32 Å². The molecule has 9 heteroatoms. The Bertz CT molecular complexity index is 797. The molecule has 1 saturated heterocycles. The third kappa shape index (κ3) is 4.59. The van der Waals surface area contributed by atoms with E-state index in [1.165, 1.54) is 18.2 Å². The van der Waals surface area contributed by atoms with Gasteiger partial charge in [0.2, 0.25) is 5.82 Å². The van der Waals surface area contributed by atoms with Crippen molar-refractivity contribution in [1.82, 2.24) is 20.2 Å². The Morgan fingerprint density at radius 2 is 2.04 bits per heavy atom. The molecule has 3 rings (SSSR count). The maximum absolute atomic E-state index is 12.8. The Labute approximate surface area is 155 Å². The molecule has 2 N–H and O–H groups in total. The van der Waals surface area contributed by atoms with Crippen LogP contribution in [0.4, 0.5) is 13.2 Å². The molecule has 1 aliphatic rings. The van der Waals surface area contributed by atoms with Crippen LogP contribution in [-0.2, 0) is 10.9 Å². The number of H-pyrrole nitrogens is 1. The first-order valence-corrected chi connectivity index (χ1v) is 8.92. The number of aromatic nitrogens is 2. The predicted molar refractivity (Wildman–Crippen MR) is 94.4 cm³/mol. The summed E-state index contributed by atoms with van der Waals surface area (Å²) in [6.07, 6.45) is -4.55. The molecule has 1 aromatic carbocycles. The van der Waals surface area contributed by atoms with Crippen molar-refractivity contribution in [2.45, 2.75) is 26.1 Å². The first kappa shape index (κ1) is 19.6. The van der Waals surface area contributed by atoms with Crippen LogP contribution in [-0.4, -0.2) is 59.7 Å². The summed E-state index contributed by atoms with van der Waals surface area (Å²) in [5.74, 6) is -1.05. The second-order valence-electron chi connectivity index (χ2n) is 6.98. The monoisotopic (exact) mass is 384 g/mol. The number of carbonyl (C=O) groups excluding carboxylic acids is 1. The van der Waals surface area contributed by atoms with E-state index in [2.05, 4.69) is 34.0 Å². The van der Waals surface area contributed by atoms with Gasteiger partial charge in [-0.15, -0.1) is 0 Å². The number of carbonyl (C=O) groups is 1. The number of morpholine rings is 1. The first-order valence-electron chi connectivity index (χ1n) is 8.92. The third-order valence-corrected chi connectivity index (χ3v) is 4.77. The summed E-state index contributed by atoms with van der Waals surface area (Å²) in [6, 6.07) is 4.47. The molecule has 0 saturated carbocycles. The van der Waals surface area contributed by atoms with Crippen LogP contribution in [0.5, 0.6) is 0 Å². The summed E-state index contributed by atoms with van der Waals surface area (Å²) in [4.78, 5) is 20.5. The molecule has 1 aromatic heterocycles. The predicted octanol–water partition coefficient (Wildman–Crippen LogP) is 2.67. The second-order valence-corrected chi connectivity index (χ2v) is 6.98. The van der Waals surface area contributed by atoms with Gasteiger partial charge in [0.15, 0.2) is 0 Å². The van der Waals surface area contributed by atoms with E-state index in [4.69, 9.17) is 4.74 Å². The van der Waals surface area contributed by atoms with Crippen LogP contribution in [0.3, 0.4) is 0 Å². The molecule has 2 heterocycles. The van der Waals surface area contributed by atoms with Gasteiger partial charge in [0, 0.05) is 31.2 Å². The quantitative estimate of drug-likeness (QED) is 0.832. The fourth-order valence-electron chi connectivity index (χ4n) is 3.28. The van der Waals surface area contributed by atoms with Gasteiger partial charge in [-0.1, -0.05) is 13.8 Å². The van der Waals surface area contributed by atoms with Crippen molar-refractivity contribution in [3.8, 4) is 0 Å². The molecule has 0 aliphatic carbocycles. The average Bonchev–Trinajstić information content (AvgIpc) is 3.06. The average molecular weight is 384 g/mol. The lowest BCUT2D eigenvalue weighted by Crippen LogP contribution is -2.51. The van der Waals surface area contributed by atoms with Gasteiger partial charge in [-0.05, 0) is 24.1 Å². The number of hydrogen-bond donors (Lipinski definition) is 2. The number of alkyl halides is 3. The Balaban J connectivity index is 1.69. The molecule has 1 fully saturated rings. The van der Waals surface area contributed by atoms with E-state index in [9.17, 15) is 18.0 Å². The Morgan fingerprint density at radius 3 is 2.67 bits per heavy atom. The van der Waals surface area contributed by atoms with E-state index in [0.29, 0.717) is 31.2 Å². The Morgan fingerprint density at radius 1 is 1.33 bits per heavy atom. The summed E-state index contributed by atoms with van der Waals surface area (Å²) in [6.45, 7) is 7.65. The molecular formula is C18H23F3N4O2. The summed E-state index contributed by atoms with van der Waals surface area (Å²) in [5, 5.41) is 2.90. The zero-order valence-electron chi connectivity index (χ0n) is 15.3. The molecular weight excluding hydrogens is 361 g/mol. The van der Waals surface area contributed by atoms with E-state index in [0.717, 1.165) is 13.1 Å². The topological polar surface area (TPSA) is 70.2 Å². The minimum atomic E-state index is -4.55. The van der Waals surface area contributed by atoms with Crippen molar-refractivity contribution >= 4 is 16.9 Å². The maximum Gasteiger partial charge on any atom is 0.449 e. The van der Waals surface area contributed by atoms with E-state index in [1.807, 2.05) is 0 Å². The lowest BCUT2D eigenvalue weighted by molar-refractivity contribution is -0.144. The second kappa shape index (κ2) is 7.85. The maximum atomic E-state index is 12.8. The third-order valence-electron chi connectivity index (χ3n) is 4.77. The van der Waals surface area contributed by atoms with Gasteiger partial charge in [-0.2, -0.15) is 13.2 Å². The van der Waals surface area contributed by atoms with Crippen molar-refractivity contribution in [2.24, 2.45) is 5.92 Å². The lowest BCUT2D eigenvalue weighted by Gasteiger charge is -2.36. The van der Waals surface area contributed by atoms with Gasteiger partial charge in [0.05, 0.1) is 24.2 Å². The highest BCUT2D eigenvalue weighted by molar-refractivity contribution is 5.97. The van der Waals surface area contributed by atoms with Gasteiger partial charge >= 0.3 is 6.18 Å². The number of fused-ring (bicyclic) bond motifs is 1. The zero-order valence-corrected chi connectivity index (χ0v) is 15.3. The van der Waals surface area contributed by atoms with E-state index >= 15 is 0 Å². The molecule has 0 unspecified atom stereocenters. The van der Waals surface area contributed by atoms with Gasteiger partial charge in [0.1, 0.15) is 0 Å². The smallest absolute Gasteiger partial charge is 0.379 e. The largest absolute Gasteiger partial charge is 0.449 e. The highest BCUT2D eigenvalue weighted by Crippen LogP contribution is 2.28. The molecule has 0 bridgehead atoms. The van der Waals surface area contributed by atoms with Gasteiger partial charge in [0.25, 0.3) is 5.91 Å². The Hall–Kier alpha value is -2.13. The van der Waals surface area contributed by atoms with Crippen LogP contribution >= 0.6 is 0 Å². The molecule has 1 amide bonds. The summed E-state index contributed by atoms with van der Waals surface area (Å²) < 4.78 is 43.7. The number of nitrogens with one attached hydrogen (secondary N) is 2. The number of benzene rings is 1. The van der Waals surface area contributed by atoms with Crippen LogP contribution in [0.2, 0.25) is 0 Å². The van der Waals surface area contributed by atoms with Crippen molar-refractivity contribution < 1.29 is 22.7 Å². The summed E-state index contributed by atoms with van der Waals surface area (Å²) in [7, 11) is 0. The summed E-state index contributed by atoms with van der Waals surface area (Å²) in [5.41, 5.74) is 0.653. The highest BCUT2D eigenvalue weighted by Gasteiger charge is 2.34. The number of hydrogen-bond acceptors (Lipinski definition) is 4. The molecule has 1 aliphatic heterocycles. The van der Waals surface area contributed by atoms with Crippen LogP contribution in [0, 0.1) is 5.92 Å². The molecule has 0 spiro atoms. The number of imidazole rings is 1. The number of ether oxygens (including phenoxy) is 1. The number of aromatic amines is 1. The lowest BCUT2D eigenvalue weighted by atomic mass is 10.0. The number of halogens is 3. The molecule has 2 aromatic rings. The van der Waals surface area contributed by atoms with Crippen LogP contribution in [0.15, 0.2) is 18.2 Å². The van der Waals surface area contributed by atoms with Crippen molar-refractivity contribution in [3.63, 3.8) is 0 Å². The SMILES string of the molecule is CC(C)[C@H](CNC(=O)c1ccc2nc(C(F)(F)F)[nH]c2c1)N1CCOCC1. The summed E-state index contributed by atoms with van der Waals surface area (Å²) >= 11 is 0. The molecule has 148 valence electrons. The molecule has 0 radical (unpaired) electrons. The first-order chi connectivity index (χ1) is 12.8. The van der Waals surface area contributed by atoms with Gasteiger partial charge in [-0.3, -0.25) is 9.69 Å². The van der Waals surface area contributed by atoms with E-state index < -0.39 is 12.0 Å². The standard InChI is InChI=1S/C18H23F3N4O2/c1-11(2)15(25-5-7-27-8-6-25)10-22-16(26)12-3-4-13-14(9-12)24-17(23-13)18(19,20)21/h3-4,9,11,15H,5-8,10H2,1-2H3,(H,22,26)(H,23,24)/t15-/m0/s1.